The average Bonchev–Trinajstić information content (AvgIpc) is 3.02. The first-order valence-corrected chi connectivity index (χ1v) is 9.63. The lowest BCUT2D eigenvalue weighted by molar-refractivity contribution is 0.283. The van der Waals surface area contributed by atoms with E-state index in [1.165, 1.54) is 6.42 Å². The Morgan fingerprint density at radius 1 is 1.21 bits per heavy atom. The topological polar surface area (TPSA) is 97.1 Å². The normalized spacial score (nSPS) is 14.1. The minimum Gasteiger partial charge on any atom is -0.495 e. The molecule has 2 aromatic heterocycles. The molecule has 4 aromatic rings. The van der Waals surface area contributed by atoms with Gasteiger partial charge in [-0.3, -0.25) is 0 Å². The molecule has 0 radical (unpaired) electrons. The number of rotatable bonds is 3. The lowest BCUT2D eigenvalue weighted by Gasteiger charge is -2.27. The van der Waals surface area contributed by atoms with Gasteiger partial charge in [0.2, 0.25) is 5.88 Å². The number of ether oxygens (including phenoxy) is 1. The van der Waals surface area contributed by atoms with Crippen LogP contribution in [0.3, 0.4) is 0 Å². The van der Waals surface area contributed by atoms with Crippen molar-refractivity contribution in [2.75, 3.05) is 12.8 Å². The number of hydrogen-bond acceptors (Lipinski definition) is 5. The number of pyridine rings is 1. The van der Waals surface area contributed by atoms with Gasteiger partial charge in [-0.1, -0.05) is 30.3 Å². The van der Waals surface area contributed by atoms with Crippen LogP contribution in [0.1, 0.15) is 30.9 Å². The van der Waals surface area contributed by atoms with Crippen LogP contribution in [0.15, 0.2) is 42.6 Å². The Morgan fingerprint density at radius 3 is 2.66 bits per heavy atom. The Morgan fingerprint density at radius 2 is 1.97 bits per heavy atom. The summed E-state index contributed by atoms with van der Waals surface area (Å²) in [5, 5.41) is 21.8. The second-order valence-corrected chi connectivity index (χ2v) is 7.43. The second-order valence-electron chi connectivity index (χ2n) is 7.43. The van der Waals surface area contributed by atoms with Crippen molar-refractivity contribution >= 4 is 27.5 Å². The summed E-state index contributed by atoms with van der Waals surface area (Å²) in [6, 6.07) is 13.8. The van der Waals surface area contributed by atoms with Crippen LogP contribution in [0, 0.1) is 11.3 Å². The van der Waals surface area contributed by atoms with Gasteiger partial charge in [0, 0.05) is 28.8 Å². The molecule has 0 atom stereocenters. The quantitative estimate of drug-likeness (QED) is 0.531. The van der Waals surface area contributed by atoms with E-state index >= 15 is 0 Å². The summed E-state index contributed by atoms with van der Waals surface area (Å²) in [5.74, 6) is 0.700. The molecular formula is C23H20N4O2. The lowest BCUT2D eigenvalue weighted by Crippen LogP contribution is -2.15. The highest BCUT2D eigenvalue weighted by Crippen LogP contribution is 2.43. The number of para-hydroxylation sites is 1. The minimum atomic E-state index is 0.182. The number of aromatic nitrogens is 2. The zero-order valence-corrected chi connectivity index (χ0v) is 16.0. The van der Waals surface area contributed by atoms with Crippen molar-refractivity contribution in [3.8, 4) is 28.8 Å². The second kappa shape index (κ2) is 6.42. The first-order chi connectivity index (χ1) is 14.1. The summed E-state index contributed by atoms with van der Waals surface area (Å²) in [6.07, 6.45) is 5.15. The fourth-order valence-corrected chi connectivity index (χ4v) is 4.18. The largest absolute Gasteiger partial charge is 0.495 e. The van der Waals surface area contributed by atoms with E-state index < -0.39 is 0 Å². The van der Waals surface area contributed by atoms with Crippen molar-refractivity contribution in [2.24, 2.45) is 0 Å². The van der Waals surface area contributed by atoms with Crippen molar-refractivity contribution < 1.29 is 9.84 Å². The average molecular weight is 384 g/mol. The predicted molar refractivity (Wildman–Crippen MR) is 113 cm³/mol. The summed E-state index contributed by atoms with van der Waals surface area (Å²) in [6.45, 7) is 0. The fraction of sp³-hybridized carbons (Fsp3) is 0.217. The number of anilines is 1. The Kier molecular flexibility index (Phi) is 3.85. The third-order valence-electron chi connectivity index (χ3n) is 5.93. The predicted octanol–water partition coefficient (Wildman–Crippen LogP) is 4.75. The summed E-state index contributed by atoms with van der Waals surface area (Å²) in [7, 11) is 1.55. The van der Waals surface area contributed by atoms with E-state index in [2.05, 4.69) is 6.07 Å². The number of hydrogen-bond donors (Lipinski definition) is 2. The highest BCUT2D eigenvalue weighted by Gasteiger charge is 2.25. The number of benzene rings is 2. The molecule has 6 heteroatoms. The Hall–Kier alpha value is -3.72. The van der Waals surface area contributed by atoms with Gasteiger partial charge in [0.15, 0.2) is 0 Å². The van der Waals surface area contributed by atoms with Gasteiger partial charge in [-0.2, -0.15) is 5.26 Å². The third-order valence-corrected chi connectivity index (χ3v) is 5.93. The van der Waals surface area contributed by atoms with Crippen molar-refractivity contribution in [3.05, 3.63) is 48.2 Å². The number of methoxy groups -OCH3 is 1. The Bertz CT molecular complexity index is 1310. The molecule has 1 fully saturated rings. The van der Waals surface area contributed by atoms with Crippen LogP contribution in [0.2, 0.25) is 0 Å². The number of nitrogens with two attached hydrogens (primary N) is 1. The first kappa shape index (κ1) is 17.4. The molecule has 144 valence electrons. The molecule has 1 aliphatic rings. The van der Waals surface area contributed by atoms with Crippen molar-refractivity contribution in [2.45, 2.75) is 25.3 Å². The van der Waals surface area contributed by atoms with Crippen LogP contribution in [-0.2, 0) is 0 Å². The number of nitriles is 1. The van der Waals surface area contributed by atoms with Crippen LogP contribution in [0.5, 0.6) is 11.6 Å². The van der Waals surface area contributed by atoms with E-state index in [0.29, 0.717) is 39.5 Å². The van der Waals surface area contributed by atoms with E-state index in [1.54, 1.807) is 13.2 Å². The molecule has 0 saturated heterocycles. The van der Waals surface area contributed by atoms with Gasteiger partial charge in [-0.25, -0.2) is 4.98 Å². The molecule has 2 heterocycles. The molecule has 0 bridgehead atoms. The van der Waals surface area contributed by atoms with E-state index in [1.807, 2.05) is 41.1 Å². The summed E-state index contributed by atoms with van der Waals surface area (Å²) < 4.78 is 7.26. The van der Waals surface area contributed by atoms with E-state index in [0.717, 1.165) is 29.4 Å². The van der Waals surface area contributed by atoms with Gasteiger partial charge in [0.25, 0.3) is 0 Å². The lowest BCUT2D eigenvalue weighted by atomic mass is 9.93. The van der Waals surface area contributed by atoms with Gasteiger partial charge in [-0.05, 0) is 25.3 Å². The highest BCUT2D eigenvalue weighted by molar-refractivity contribution is 6.12. The molecule has 0 spiro atoms. The van der Waals surface area contributed by atoms with E-state index in [4.69, 9.17) is 15.5 Å². The summed E-state index contributed by atoms with van der Waals surface area (Å²) >= 11 is 0. The van der Waals surface area contributed by atoms with Crippen LogP contribution >= 0.6 is 0 Å². The molecule has 0 amide bonds. The van der Waals surface area contributed by atoms with E-state index in [9.17, 15) is 10.4 Å². The third kappa shape index (κ3) is 2.44. The fourth-order valence-electron chi connectivity index (χ4n) is 4.18. The first-order valence-electron chi connectivity index (χ1n) is 9.63. The number of nitrogens with zero attached hydrogens (tertiary/aromatic N) is 3. The standard InChI is InChI=1S/C23H20N4O2/c1-29-19-10-4-7-14(17(19)11-24)15-8-3-9-16-21(25)20-18(26-22(15)16)12-27(23(20)28)13-5-2-6-13/h3-4,7-10,12-13,28H,2,5-6,25H2,1H3. The van der Waals surface area contributed by atoms with E-state index in [-0.39, 0.29) is 5.88 Å². The molecule has 1 aliphatic carbocycles. The SMILES string of the molecule is COc1cccc(-c2cccc3c(N)c4c(O)n(C5CCC5)cc4nc23)c1C#N. The van der Waals surface area contributed by atoms with Gasteiger partial charge >= 0.3 is 0 Å². The molecular weight excluding hydrogens is 364 g/mol. The van der Waals surface area contributed by atoms with Crippen LogP contribution in [0.25, 0.3) is 32.9 Å². The van der Waals surface area contributed by atoms with Gasteiger partial charge in [0.05, 0.1) is 29.2 Å². The van der Waals surface area contributed by atoms with Crippen LogP contribution < -0.4 is 10.5 Å². The number of fused-ring (bicyclic) bond motifs is 2. The van der Waals surface area contributed by atoms with Crippen LogP contribution in [0.4, 0.5) is 5.69 Å². The summed E-state index contributed by atoms with van der Waals surface area (Å²) in [5.41, 5.74) is 10.4. The number of aromatic hydroxyl groups is 1. The monoisotopic (exact) mass is 384 g/mol. The van der Waals surface area contributed by atoms with Crippen molar-refractivity contribution in [1.29, 1.82) is 5.26 Å². The van der Waals surface area contributed by atoms with Crippen molar-refractivity contribution in [3.63, 3.8) is 0 Å². The maximum Gasteiger partial charge on any atom is 0.203 e. The van der Waals surface area contributed by atoms with Gasteiger partial charge in [0.1, 0.15) is 17.4 Å². The molecule has 29 heavy (non-hydrogen) atoms. The Balaban J connectivity index is 1.82. The molecule has 6 nitrogen and oxygen atoms in total. The number of nitrogen functional groups attached to an aromatic ring is 1. The zero-order valence-electron chi connectivity index (χ0n) is 16.0. The maximum absolute atomic E-state index is 10.8. The Labute approximate surface area is 167 Å². The van der Waals surface area contributed by atoms with Crippen molar-refractivity contribution in [1.82, 2.24) is 9.55 Å². The molecule has 0 aliphatic heterocycles. The van der Waals surface area contributed by atoms with Gasteiger partial charge in [-0.15, -0.1) is 0 Å². The maximum atomic E-state index is 10.8. The minimum absolute atomic E-state index is 0.182. The summed E-state index contributed by atoms with van der Waals surface area (Å²) in [4.78, 5) is 4.86. The molecule has 0 unspecified atom stereocenters. The highest BCUT2D eigenvalue weighted by atomic mass is 16.5. The molecule has 1 saturated carbocycles. The molecule has 2 aromatic carbocycles. The zero-order chi connectivity index (χ0) is 20.1. The van der Waals surface area contributed by atoms with Crippen LogP contribution in [-0.4, -0.2) is 21.8 Å². The molecule has 3 N–H and O–H groups in total. The van der Waals surface area contributed by atoms with Gasteiger partial charge < -0.3 is 20.1 Å². The molecule has 5 rings (SSSR count). The smallest absolute Gasteiger partial charge is 0.203 e.